The van der Waals surface area contributed by atoms with Gasteiger partial charge < -0.3 is 14.5 Å². The quantitative estimate of drug-likeness (QED) is 0.923. The van der Waals surface area contributed by atoms with Gasteiger partial charge in [0.15, 0.2) is 0 Å². The zero-order valence-corrected chi connectivity index (χ0v) is 12.3. The largest absolute Gasteiger partial charge is 0.406 e. The molecule has 2 rings (SSSR count). The molecular weight excluding hydrogens is 297 g/mol. The third kappa shape index (κ3) is 3.90. The molecular formula is C14H17F3N4O. The standard InChI is InChI=1S/C14H17F3N4O/c1-10(2)21-9-18-6-11(21)7-19-12-4-3-5-20(13(12)22)8-14(15,16)17/h3-6,9-10,19H,7-8H2,1-2H3. The van der Waals surface area contributed by atoms with Crippen LogP contribution in [0.4, 0.5) is 18.9 Å². The Hall–Kier alpha value is -2.25. The third-order valence-electron chi connectivity index (χ3n) is 3.13. The van der Waals surface area contributed by atoms with Crippen molar-refractivity contribution in [3.63, 3.8) is 0 Å². The Morgan fingerprint density at radius 1 is 1.36 bits per heavy atom. The van der Waals surface area contributed by atoms with Crippen molar-refractivity contribution in [3.8, 4) is 0 Å². The summed E-state index contributed by atoms with van der Waals surface area (Å²) < 4.78 is 39.8. The minimum atomic E-state index is -4.43. The molecule has 0 radical (unpaired) electrons. The van der Waals surface area contributed by atoms with Gasteiger partial charge in [-0.2, -0.15) is 13.2 Å². The molecule has 0 amide bonds. The summed E-state index contributed by atoms with van der Waals surface area (Å²) in [6, 6.07) is 3.08. The number of anilines is 1. The SMILES string of the molecule is CC(C)n1cncc1CNc1cccn(CC(F)(F)F)c1=O. The average Bonchev–Trinajstić information content (AvgIpc) is 2.87. The fraction of sp³-hybridized carbons (Fsp3) is 0.429. The molecule has 0 saturated carbocycles. The first-order chi connectivity index (χ1) is 10.3. The molecule has 22 heavy (non-hydrogen) atoms. The van der Waals surface area contributed by atoms with E-state index in [-0.39, 0.29) is 11.7 Å². The lowest BCUT2D eigenvalue weighted by Crippen LogP contribution is -2.29. The highest BCUT2D eigenvalue weighted by Gasteiger charge is 2.28. The van der Waals surface area contributed by atoms with Crippen LogP contribution in [0.15, 0.2) is 35.6 Å². The normalized spacial score (nSPS) is 11.9. The number of hydrogen-bond donors (Lipinski definition) is 1. The van der Waals surface area contributed by atoms with Crippen LogP contribution in [0.2, 0.25) is 0 Å². The van der Waals surface area contributed by atoms with Gasteiger partial charge in [0.05, 0.1) is 18.6 Å². The van der Waals surface area contributed by atoms with Crippen molar-refractivity contribution in [2.75, 3.05) is 5.32 Å². The van der Waals surface area contributed by atoms with E-state index in [2.05, 4.69) is 10.3 Å². The summed E-state index contributed by atoms with van der Waals surface area (Å²) in [5.41, 5.74) is 0.277. The second kappa shape index (κ2) is 6.25. The molecule has 2 heterocycles. The maximum atomic E-state index is 12.4. The maximum absolute atomic E-state index is 12.4. The Morgan fingerprint density at radius 3 is 2.73 bits per heavy atom. The van der Waals surface area contributed by atoms with Crippen LogP contribution in [0.25, 0.3) is 0 Å². The van der Waals surface area contributed by atoms with Gasteiger partial charge in [-0.15, -0.1) is 0 Å². The number of nitrogens with zero attached hydrogens (tertiary/aromatic N) is 3. The van der Waals surface area contributed by atoms with Crippen LogP contribution in [0.5, 0.6) is 0 Å². The van der Waals surface area contributed by atoms with Crippen LogP contribution >= 0.6 is 0 Å². The molecule has 0 aliphatic rings. The Bertz CT molecular complexity index is 688. The van der Waals surface area contributed by atoms with Gasteiger partial charge in [-0.3, -0.25) is 4.79 Å². The summed E-state index contributed by atoms with van der Waals surface area (Å²) in [5.74, 6) is 0. The number of imidazole rings is 1. The summed E-state index contributed by atoms with van der Waals surface area (Å²) in [4.78, 5) is 16.0. The molecule has 120 valence electrons. The second-order valence-corrected chi connectivity index (χ2v) is 5.21. The Kier molecular flexibility index (Phi) is 4.58. The summed E-state index contributed by atoms with van der Waals surface area (Å²) in [6.07, 6.45) is 0.0247. The Labute approximate surface area is 125 Å². The lowest BCUT2D eigenvalue weighted by atomic mass is 10.3. The highest BCUT2D eigenvalue weighted by molar-refractivity contribution is 5.40. The fourth-order valence-electron chi connectivity index (χ4n) is 2.11. The van der Waals surface area contributed by atoms with Crippen LogP contribution in [-0.2, 0) is 13.1 Å². The Balaban J connectivity index is 2.15. The van der Waals surface area contributed by atoms with Gasteiger partial charge in [-0.05, 0) is 26.0 Å². The first-order valence-electron chi connectivity index (χ1n) is 6.78. The number of alkyl halides is 3. The predicted molar refractivity (Wildman–Crippen MR) is 76.7 cm³/mol. The maximum Gasteiger partial charge on any atom is 0.406 e. The Morgan fingerprint density at radius 2 is 2.09 bits per heavy atom. The summed E-state index contributed by atoms with van der Waals surface area (Å²) in [7, 11) is 0. The minimum absolute atomic E-state index is 0.128. The summed E-state index contributed by atoms with van der Waals surface area (Å²) in [6.45, 7) is 2.99. The molecule has 0 aliphatic heterocycles. The van der Waals surface area contributed by atoms with Crippen molar-refractivity contribution in [2.24, 2.45) is 0 Å². The molecule has 1 N–H and O–H groups in total. The fourth-order valence-corrected chi connectivity index (χ4v) is 2.11. The van der Waals surface area contributed by atoms with Gasteiger partial charge >= 0.3 is 6.18 Å². The van der Waals surface area contributed by atoms with Gasteiger partial charge in [0.25, 0.3) is 5.56 Å². The lowest BCUT2D eigenvalue weighted by Gasteiger charge is -2.14. The van der Waals surface area contributed by atoms with E-state index in [1.165, 1.54) is 12.1 Å². The average molecular weight is 314 g/mol. The van der Waals surface area contributed by atoms with Gasteiger partial charge in [0.1, 0.15) is 12.2 Å². The molecule has 0 unspecified atom stereocenters. The minimum Gasteiger partial charge on any atom is -0.375 e. The van der Waals surface area contributed by atoms with Gasteiger partial charge in [-0.1, -0.05) is 0 Å². The molecule has 0 bridgehead atoms. The highest BCUT2D eigenvalue weighted by atomic mass is 19.4. The van der Waals surface area contributed by atoms with Crippen molar-refractivity contribution in [3.05, 3.63) is 46.9 Å². The third-order valence-corrected chi connectivity index (χ3v) is 3.13. The topological polar surface area (TPSA) is 51.9 Å². The molecule has 2 aromatic heterocycles. The van der Waals surface area contributed by atoms with Crippen LogP contribution < -0.4 is 10.9 Å². The number of rotatable bonds is 5. The monoisotopic (exact) mass is 314 g/mol. The summed E-state index contributed by atoms with van der Waals surface area (Å²) >= 11 is 0. The van der Waals surface area contributed by atoms with Crippen molar-refractivity contribution in [1.29, 1.82) is 0 Å². The van der Waals surface area contributed by atoms with Crippen LogP contribution in [0.3, 0.4) is 0 Å². The van der Waals surface area contributed by atoms with E-state index >= 15 is 0 Å². The summed E-state index contributed by atoms with van der Waals surface area (Å²) in [5, 5.41) is 2.88. The second-order valence-electron chi connectivity index (χ2n) is 5.21. The van der Waals surface area contributed by atoms with Crippen molar-refractivity contribution in [2.45, 2.75) is 39.2 Å². The van der Waals surface area contributed by atoms with Crippen LogP contribution in [0, 0.1) is 0 Å². The van der Waals surface area contributed by atoms with Gasteiger partial charge in [0.2, 0.25) is 0 Å². The predicted octanol–water partition coefficient (Wildman–Crippen LogP) is 2.80. The van der Waals surface area contributed by atoms with E-state index in [4.69, 9.17) is 0 Å². The van der Waals surface area contributed by atoms with E-state index in [0.29, 0.717) is 11.1 Å². The van der Waals surface area contributed by atoms with Crippen molar-refractivity contribution < 1.29 is 13.2 Å². The van der Waals surface area contributed by atoms with E-state index in [0.717, 1.165) is 11.9 Å². The molecule has 0 saturated heterocycles. The number of pyridine rings is 1. The smallest absolute Gasteiger partial charge is 0.375 e. The molecule has 0 aromatic carbocycles. The molecule has 0 fully saturated rings. The van der Waals surface area contributed by atoms with Gasteiger partial charge in [0, 0.05) is 18.4 Å². The van der Waals surface area contributed by atoms with E-state index in [1.54, 1.807) is 12.5 Å². The van der Waals surface area contributed by atoms with Crippen LogP contribution in [0.1, 0.15) is 25.6 Å². The molecule has 8 heteroatoms. The van der Waals surface area contributed by atoms with E-state index in [9.17, 15) is 18.0 Å². The molecule has 0 spiro atoms. The number of aromatic nitrogens is 3. The van der Waals surface area contributed by atoms with Gasteiger partial charge in [-0.25, -0.2) is 4.98 Å². The van der Waals surface area contributed by atoms with Crippen molar-refractivity contribution >= 4 is 5.69 Å². The van der Waals surface area contributed by atoms with Crippen molar-refractivity contribution in [1.82, 2.24) is 14.1 Å². The van der Waals surface area contributed by atoms with Crippen LogP contribution in [-0.4, -0.2) is 20.3 Å². The number of halogens is 3. The van der Waals surface area contributed by atoms with E-state index in [1.807, 2.05) is 18.4 Å². The number of nitrogens with one attached hydrogen (secondary N) is 1. The zero-order valence-electron chi connectivity index (χ0n) is 12.3. The first-order valence-corrected chi connectivity index (χ1v) is 6.78. The number of hydrogen-bond acceptors (Lipinski definition) is 3. The zero-order chi connectivity index (χ0) is 16.3. The molecule has 0 aliphatic carbocycles. The lowest BCUT2D eigenvalue weighted by molar-refractivity contribution is -0.141. The van der Waals surface area contributed by atoms with E-state index < -0.39 is 18.3 Å². The molecule has 0 atom stereocenters. The molecule has 5 nitrogen and oxygen atoms in total. The highest BCUT2D eigenvalue weighted by Crippen LogP contribution is 2.17. The molecule has 2 aromatic rings. The first kappa shape index (κ1) is 16.1.